The van der Waals surface area contributed by atoms with Gasteiger partial charge in [0.2, 0.25) is 10.0 Å². The summed E-state index contributed by atoms with van der Waals surface area (Å²) < 4.78 is 25.9. The molecule has 1 heterocycles. The molecular weight excluding hydrogens is 356 g/mol. The van der Waals surface area contributed by atoms with Gasteiger partial charge in [-0.25, -0.2) is 13.2 Å². The zero-order chi connectivity index (χ0) is 14.8. The van der Waals surface area contributed by atoms with Gasteiger partial charge in [0.05, 0.1) is 16.3 Å². The maximum atomic E-state index is 12.3. The van der Waals surface area contributed by atoms with Crippen LogP contribution >= 0.6 is 27.3 Å². The van der Waals surface area contributed by atoms with Crippen molar-refractivity contribution in [3.63, 3.8) is 0 Å². The molecule has 0 fully saturated rings. The highest BCUT2D eigenvalue weighted by molar-refractivity contribution is 9.11. The molecule has 0 saturated heterocycles. The van der Waals surface area contributed by atoms with Crippen LogP contribution in [-0.2, 0) is 10.0 Å². The Morgan fingerprint density at radius 1 is 1.68 bits per heavy atom. The summed E-state index contributed by atoms with van der Waals surface area (Å²) in [6.07, 6.45) is 0.0588. The van der Waals surface area contributed by atoms with Crippen LogP contribution in [-0.4, -0.2) is 36.9 Å². The molecule has 0 aliphatic heterocycles. The number of halogens is 1. The Balaban J connectivity index is 3.21. The summed E-state index contributed by atoms with van der Waals surface area (Å²) in [7, 11) is -2.46. The van der Waals surface area contributed by atoms with Crippen molar-refractivity contribution in [2.75, 3.05) is 7.05 Å². The Morgan fingerprint density at radius 2 is 2.26 bits per heavy atom. The molecular formula is C10H11BrN2O4S2. The number of hydrogen-bond donors (Lipinski definition) is 1. The lowest BCUT2D eigenvalue weighted by Crippen LogP contribution is -2.34. The van der Waals surface area contributed by atoms with Crippen molar-refractivity contribution in [3.05, 3.63) is 14.7 Å². The molecule has 1 aromatic rings. The van der Waals surface area contributed by atoms with Crippen LogP contribution in [0, 0.1) is 11.3 Å². The fraction of sp³-hybridized carbons (Fsp3) is 0.400. The lowest BCUT2D eigenvalue weighted by molar-refractivity contribution is 0.0702. The summed E-state index contributed by atoms with van der Waals surface area (Å²) in [5.74, 6) is -1.18. The fourth-order valence-electron chi connectivity index (χ4n) is 1.29. The van der Waals surface area contributed by atoms with Gasteiger partial charge in [0.1, 0.15) is 9.77 Å². The Bertz CT molecular complexity index is 632. The minimum atomic E-state index is -3.82. The minimum Gasteiger partial charge on any atom is -0.477 e. The van der Waals surface area contributed by atoms with Gasteiger partial charge in [0, 0.05) is 13.1 Å². The van der Waals surface area contributed by atoms with Crippen molar-refractivity contribution in [3.8, 4) is 6.07 Å². The predicted molar refractivity (Wildman–Crippen MR) is 73.6 cm³/mol. The van der Waals surface area contributed by atoms with Crippen molar-refractivity contribution in [2.24, 2.45) is 0 Å². The zero-order valence-electron chi connectivity index (χ0n) is 10.1. The van der Waals surface area contributed by atoms with E-state index in [1.54, 1.807) is 6.92 Å². The number of carboxylic acid groups (broad SMARTS) is 1. The van der Waals surface area contributed by atoms with E-state index < -0.39 is 22.0 Å². The molecule has 0 spiro atoms. The van der Waals surface area contributed by atoms with Gasteiger partial charge in [-0.05, 0) is 28.9 Å². The molecule has 0 bridgehead atoms. The first-order valence-electron chi connectivity index (χ1n) is 5.09. The number of carbonyl (C=O) groups is 1. The van der Waals surface area contributed by atoms with Crippen LogP contribution in [0.1, 0.15) is 23.0 Å². The number of rotatable bonds is 5. The summed E-state index contributed by atoms with van der Waals surface area (Å²) in [5.41, 5.74) is 0. The fourth-order valence-corrected chi connectivity index (χ4v) is 5.00. The molecule has 1 rings (SSSR count). The topological polar surface area (TPSA) is 98.5 Å². The summed E-state index contributed by atoms with van der Waals surface area (Å²) in [6, 6.07) is 2.52. The van der Waals surface area contributed by atoms with Crippen molar-refractivity contribution in [2.45, 2.75) is 24.3 Å². The van der Waals surface area contributed by atoms with Gasteiger partial charge in [0.25, 0.3) is 0 Å². The second-order valence-corrected chi connectivity index (χ2v) is 8.12. The minimum absolute atomic E-state index is 0.0588. The maximum absolute atomic E-state index is 12.3. The predicted octanol–water partition coefficient (Wildman–Crippen LogP) is 2.13. The average molecular weight is 367 g/mol. The van der Waals surface area contributed by atoms with Gasteiger partial charge in [-0.2, -0.15) is 9.57 Å². The molecule has 0 amide bonds. The van der Waals surface area contributed by atoms with Gasteiger partial charge in [0.15, 0.2) is 0 Å². The Morgan fingerprint density at radius 3 is 2.68 bits per heavy atom. The third-order valence-electron chi connectivity index (χ3n) is 2.53. The number of carboxylic acids is 1. The van der Waals surface area contributed by atoms with Crippen LogP contribution in [0.5, 0.6) is 0 Å². The largest absolute Gasteiger partial charge is 0.477 e. The molecule has 9 heteroatoms. The van der Waals surface area contributed by atoms with E-state index >= 15 is 0 Å². The van der Waals surface area contributed by atoms with Crippen LogP contribution in [0.3, 0.4) is 0 Å². The van der Waals surface area contributed by atoms with Gasteiger partial charge in [-0.3, -0.25) is 0 Å². The summed E-state index contributed by atoms with van der Waals surface area (Å²) in [4.78, 5) is 10.7. The van der Waals surface area contributed by atoms with Crippen LogP contribution in [0.4, 0.5) is 0 Å². The first kappa shape index (κ1) is 16.1. The molecule has 6 nitrogen and oxygen atoms in total. The van der Waals surface area contributed by atoms with Crippen molar-refractivity contribution in [1.29, 1.82) is 5.26 Å². The van der Waals surface area contributed by atoms with E-state index in [0.29, 0.717) is 0 Å². The Labute approximate surface area is 123 Å². The second kappa shape index (κ2) is 6.00. The molecule has 1 aromatic heterocycles. The molecule has 0 aliphatic carbocycles. The van der Waals surface area contributed by atoms with Crippen LogP contribution in [0.2, 0.25) is 0 Å². The number of sulfonamides is 1. The zero-order valence-corrected chi connectivity index (χ0v) is 13.3. The van der Waals surface area contributed by atoms with Crippen LogP contribution in [0.25, 0.3) is 0 Å². The number of nitriles is 1. The molecule has 0 aliphatic rings. The highest BCUT2D eigenvalue weighted by atomic mass is 79.9. The summed E-state index contributed by atoms with van der Waals surface area (Å²) in [5, 5.41) is 17.5. The molecule has 0 radical (unpaired) electrons. The molecule has 1 atom stereocenters. The lowest BCUT2D eigenvalue weighted by atomic mass is 10.3. The molecule has 0 aromatic carbocycles. The van der Waals surface area contributed by atoms with Crippen LogP contribution < -0.4 is 0 Å². The number of thiophene rings is 1. The number of hydrogen-bond acceptors (Lipinski definition) is 5. The van der Waals surface area contributed by atoms with Crippen molar-refractivity contribution >= 4 is 43.3 Å². The molecule has 19 heavy (non-hydrogen) atoms. The standard InChI is InChI=1S/C10H11BrN2O4S2/c1-6(3-4-12)13(2)19(16,17)8-5-7(10(14)15)18-9(8)11/h5-6H,3H2,1-2H3,(H,14,15). The molecule has 104 valence electrons. The average Bonchev–Trinajstić information content (AvgIpc) is 2.71. The van der Waals surface area contributed by atoms with Gasteiger partial charge < -0.3 is 5.11 Å². The summed E-state index contributed by atoms with van der Waals surface area (Å²) in [6.45, 7) is 1.61. The highest BCUT2D eigenvalue weighted by Crippen LogP contribution is 2.33. The highest BCUT2D eigenvalue weighted by Gasteiger charge is 2.29. The van der Waals surface area contributed by atoms with Gasteiger partial charge in [-0.1, -0.05) is 0 Å². The number of nitrogens with zero attached hydrogens (tertiary/aromatic N) is 2. The Hall–Kier alpha value is -0.950. The maximum Gasteiger partial charge on any atom is 0.345 e. The van der Waals surface area contributed by atoms with Crippen LogP contribution in [0.15, 0.2) is 14.7 Å². The quantitative estimate of drug-likeness (QED) is 0.860. The summed E-state index contributed by atoms with van der Waals surface area (Å²) >= 11 is 3.90. The van der Waals surface area contributed by atoms with Crippen molar-refractivity contribution in [1.82, 2.24) is 4.31 Å². The van der Waals surface area contributed by atoms with E-state index in [9.17, 15) is 13.2 Å². The van der Waals surface area contributed by atoms with E-state index in [4.69, 9.17) is 10.4 Å². The third-order valence-corrected chi connectivity index (χ3v) is 6.74. The molecule has 0 saturated carbocycles. The molecule has 1 N–H and O–H groups in total. The second-order valence-electron chi connectivity index (χ2n) is 3.79. The van der Waals surface area contributed by atoms with E-state index in [2.05, 4.69) is 15.9 Å². The van der Waals surface area contributed by atoms with E-state index in [-0.39, 0.29) is 20.0 Å². The smallest absolute Gasteiger partial charge is 0.345 e. The first-order chi connectivity index (χ1) is 8.71. The normalized spacial score (nSPS) is 13.2. The number of aromatic carboxylic acids is 1. The monoisotopic (exact) mass is 366 g/mol. The van der Waals surface area contributed by atoms with Crippen molar-refractivity contribution < 1.29 is 18.3 Å². The third kappa shape index (κ3) is 3.33. The molecule has 1 unspecified atom stereocenters. The van der Waals surface area contributed by atoms with Gasteiger partial charge in [-0.15, -0.1) is 11.3 Å². The van der Waals surface area contributed by atoms with E-state index in [1.165, 1.54) is 7.05 Å². The van der Waals surface area contributed by atoms with Gasteiger partial charge >= 0.3 is 5.97 Å². The van der Waals surface area contributed by atoms with E-state index in [0.717, 1.165) is 21.7 Å². The lowest BCUT2D eigenvalue weighted by Gasteiger charge is -2.21. The Kier molecular flexibility index (Phi) is 5.09. The van der Waals surface area contributed by atoms with E-state index in [1.807, 2.05) is 6.07 Å². The SMILES string of the molecule is CC(CC#N)N(C)S(=O)(=O)c1cc(C(=O)O)sc1Br. The first-order valence-corrected chi connectivity index (χ1v) is 8.14.